The molecule has 0 amide bonds. The minimum absolute atomic E-state index is 0.284. The van der Waals surface area contributed by atoms with Gasteiger partial charge in [0.2, 0.25) is 0 Å². The van der Waals surface area contributed by atoms with Crippen molar-refractivity contribution in [2.45, 2.75) is 28.9 Å². The maximum absolute atomic E-state index is 11.7. The predicted molar refractivity (Wildman–Crippen MR) is 103 cm³/mol. The highest BCUT2D eigenvalue weighted by atomic mass is 32.2. The number of aliphatic carboxylic acids is 1. The molecule has 3 rings (SSSR count). The van der Waals surface area contributed by atoms with Crippen molar-refractivity contribution >= 4 is 17.7 Å². The van der Waals surface area contributed by atoms with E-state index in [4.69, 9.17) is 4.74 Å². The van der Waals surface area contributed by atoms with Gasteiger partial charge >= 0.3 is 5.97 Å². The Morgan fingerprint density at radius 2 is 1.50 bits per heavy atom. The van der Waals surface area contributed by atoms with Crippen LogP contribution in [0.25, 0.3) is 0 Å². The van der Waals surface area contributed by atoms with Crippen LogP contribution < -0.4 is 0 Å². The molecule has 0 aromatic heterocycles. The minimum atomic E-state index is -0.944. The predicted octanol–water partition coefficient (Wildman–Crippen LogP) is 5.05. The van der Waals surface area contributed by atoms with Gasteiger partial charge in [-0.25, -0.2) is 4.79 Å². The highest BCUT2D eigenvalue weighted by Gasteiger charge is 2.20. The second-order valence-corrected chi connectivity index (χ2v) is 6.97. The molecule has 3 aromatic rings. The lowest BCUT2D eigenvalue weighted by Crippen LogP contribution is -2.26. The molecule has 0 saturated carbocycles. The normalized spacial score (nSPS) is 11.8. The van der Waals surface area contributed by atoms with Gasteiger partial charge < -0.3 is 9.84 Å². The molecule has 3 nitrogen and oxygen atoms in total. The first kappa shape index (κ1) is 18.2. The number of carboxylic acids is 1. The summed E-state index contributed by atoms with van der Waals surface area (Å²) >= 11 is 1.63. The van der Waals surface area contributed by atoms with Gasteiger partial charge in [-0.2, -0.15) is 0 Å². The van der Waals surface area contributed by atoms with Crippen LogP contribution in [0, 0.1) is 0 Å². The van der Waals surface area contributed by atoms with Gasteiger partial charge in [-0.05, 0) is 29.3 Å². The topological polar surface area (TPSA) is 46.5 Å². The molecule has 0 aliphatic rings. The monoisotopic (exact) mass is 364 g/mol. The molecule has 0 spiro atoms. The third kappa shape index (κ3) is 5.22. The summed E-state index contributed by atoms with van der Waals surface area (Å²) in [5.41, 5.74) is 1.94. The smallest absolute Gasteiger partial charge is 0.333 e. The van der Waals surface area contributed by atoms with Gasteiger partial charge in [0.1, 0.15) is 0 Å². The molecular formula is C22H20O3S. The molecule has 0 heterocycles. The first-order valence-electron chi connectivity index (χ1n) is 8.41. The fraction of sp³-hybridized carbons (Fsp3) is 0.136. The van der Waals surface area contributed by atoms with E-state index in [2.05, 4.69) is 0 Å². The van der Waals surface area contributed by atoms with Crippen LogP contribution >= 0.6 is 11.8 Å². The third-order valence-corrected chi connectivity index (χ3v) is 5.04. The summed E-state index contributed by atoms with van der Waals surface area (Å²) in [6.07, 6.45) is -0.550. The Morgan fingerprint density at radius 3 is 2.19 bits per heavy atom. The molecule has 132 valence electrons. The summed E-state index contributed by atoms with van der Waals surface area (Å²) in [6.45, 7) is 0.284. The fourth-order valence-electron chi connectivity index (χ4n) is 2.58. The van der Waals surface area contributed by atoms with Crippen LogP contribution in [0.5, 0.6) is 0 Å². The minimum Gasteiger partial charge on any atom is -0.479 e. The zero-order valence-electron chi connectivity index (χ0n) is 14.2. The van der Waals surface area contributed by atoms with E-state index >= 15 is 0 Å². The molecule has 0 aliphatic carbocycles. The van der Waals surface area contributed by atoms with Gasteiger partial charge in [0, 0.05) is 16.2 Å². The van der Waals surface area contributed by atoms with Crippen LogP contribution in [-0.4, -0.2) is 17.2 Å². The van der Waals surface area contributed by atoms with Crippen molar-refractivity contribution in [2.24, 2.45) is 0 Å². The number of benzene rings is 3. The highest BCUT2D eigenvalue weighted by Crippen LogP contribution is 2.31. The third-order valence-electron chi connectivity index (χ3n) is 3.92. The fourth-order valence-corrected chi connectivity index (χ4v) is 3.55. The molecule has 0 fully saturated rings. The van der Waals surface area contributed by atoms with Gasteiger partial charge in [0.15, 0.2) is 6.10 Å². The molecule has 0 aliphatic heterocycles. The van der Waals surface area contributed by atoms with Gasteiger partial charge in [-0.3, -0.25) is 0 Å². The molecule has 1 N–H and O–H groups in total. The van der Waals surface area contributed by atoms with E-state index in [0.29, 0.717) is 6.42 Å². The van der Waals surface area contributed by atoms with E-state index in [1.165, 1.54) is 0 Å². The molecule has 1 unspecified atom stereocenters. The molecule has 0 bridgehead atoms. The summed E-state index contributed by atoms with van der Waals surface area (Å²) in [5.74, 6) is -0.944. The van der Waals surface area contributed by atoms with Gasteiger partial charge in [-0.15, -0.1) is 0 Å². The van der Waals surface area contributed by atoms with Crippen LogP contribution in [0.2, 0.25) is 0 Å². The SMILES string of the molecule is O=C(O)C(Cc1ccccc1Sc1ccccc1)OCc1ccccc1. The van der Waals surface area contributed by atoms with Crippen molar-refractivity contribution < 1.29 is 14.6 Å². The first-order chi connectivity index (χ1) is 12.7. The molecule has 1 atom stereocenters. The van der Waals surface area contributed by atoms with Crippen LogP contribution in [0.15, 0.2) is 94.7 Å². The van der Waals surface area contributed by atoms with Crippen LogP contribution in [0.3, 0.4) is 0 Å². The van der Waals surface area contributed by atoms with E-state index < -0.39 is 12.1 Å². The molecule has 0 saturated heterocycles. The number of carbonyl (C=O) groups is 1. The van der Waals surface area contributed by atoms with Gasteiger partial charge in [0.05, 0.1) is 6.61 Å². The Kier molecular flexibility index (Phi) is 6.47. The zero-order valence-corrected chi connectivity index (χ0v) is 15.1. The summed E-state index contributed by atoms with van der Waals surface area (Å²) in [4.78, 5) is 13.8. The standard InChI is InChI=1S/C22H20O3S/c23-22(24)20(25-16-17-9-3-1-4-10-17)15-18-11-7-8-14-21(18)26-19-12-5-2-6-13-19/h1-14,20H,15-16H2,(H,23,24). The second-order valence-electron chi connectivity index (χ2n) is 5.85. The van der Waals surface area contributed by atoms with Gasteiger partial charge in [-0.1, -0.05) is 78.5 Å². The van der Waals surface area contributed by atoms with E-state index in [1.54, 1.807) is 11.8 Å². The van der Waals surface area contributed by atoms with Crippen LogP contribution in [0.1, 0.15) is 11.1 Å². The van der Waals surface area contributed by atoms with E-state index in [0.717, 1.165) is 20.9 Å². The largest absolute Gasteiger partial charge is 0.479 e. The molecule has 0 radical (unpaired) electrons. The van der Waals surface area contributed by atoms with Crippen molar-refractivity contribution in [3.05, 3.63) is 96.1 Å². The average Bonchev–Trinajstić information content (AvgIpc) is 2.68. The second kappa shape index (κ2) is 9.22. The van der Waals surface area contributed by atoms with Crippen LogP contribution in [-0.2, 0) is 22.6 Å². The number of hydrogen-bond donors (Lipinski definition) is 1. The van der Waals surface area contributed by atoms with Gasteiger partial charge in [0.25, 0.3) is 0 Å². The lowest BCUT2D eigenvalue weighted by atomic mass is 10.1. The maximum Gasteiger partial charge on any atom is 0.333 e. The number of carboxylic acid groups (broad SMARTS) is 1. The zero-order chi connectivity index (χ0) is 18.2. The highest BCUT2D eigenvalue weighted by molar-refractivity contribution is 7.99. The quantitative estimate of drug-likeness (QED) is 0.607. The van der Waals surface area contributed by atoms with Crippen molar-refractivity contribution in [3.63, 3.8) is 0 Å². The maximum atomic E-state index is 11.7. The molecule has 3 aromatic carbocycles. The lowest BCUT2D eigenvalue weighted by Gasteiger charge is -2.16. The Labute approximate surface area is 157 Å². The summed E-state index contributed by atoms with van der Waals surface area (Å²) in [5, 5.41) is 9.56. The van der Waals surface area contributed by atoms with Crippen molar-refractivity contribution in [1.82, 2.24) is 0 Å². The Balaban J connectivity index is 1.72. The van der Waals surface area contributed by atoms with Crippen molar-refractivity contribution in [2.75, 3.05) is 0 Å². The molecule has 4 heteroatoms. The van der Waals surface area contributed by atoms with E-state index in [-0.39, 0.29) is 6.61 Å². The van der Waals surface area contributed by atoms with Crippen molar-refractivity contribution in [3.8, 4) is 0 Å². The Morgan fingerprint density at radius 1 is 0.885 bits per heavy atom. The van der Waals surface area contributed by atoms with E-state index in [9.17, 15) is 9.90 Å². The number of rotatable bonds is 8. The summed E-state index contributed by atoms with van der Waals surface area (Å²) < 4.78 is 5.69. The lowest BCUT2D eigenvalue weighted by molar-refractivity contribution is -0.151. The molecular weight excluding hydrogens is 344 g/mol. The average molecular weight is 364 g/mol. The summed E-state index contributed by atoms with van der Waals surface area (Å²) in [7, 11) is 0. The van der Waals surface area contributed by atoms with Crippen molar-refractivity contribution in [1.29, 1.82) is 0 Å². The first-order valence-corrected chi connectivity index (χ1v) is 9.23. The van der Waals surface area contributed by atoms with Crippen LogP contribution in [0.4, 0.5) is 0 Å². The summed E-state index contributed by atoms with van der Waals surface area (Å²) in [6, 6.07) is 27.6. The molecule has 26 heavy (non-hydrogen) atoms. The Hall–Kier alpha value is -2.56. The number of hydrogen-bond acceptors (Lipinski definition) is 3. The number of ether oxygens (including phenoxy) is 1. The Bertz CT molecular complexity index is 834. The van der Waals surface area contributed by atoms with E-state index in [1.807, 2.05) is 84.9 Å².